The van der Waals surface area contributed by atoms with Crippen molar-refractivity contribution < 1.29 is 14.8 Å². The Hall–Kier alpha value is -3.18. The summed E-state index contributed by atoms with van der Waals surface area (Å²) in [5.74, 6) is -0.560. The summed E-state index contributed by atoms with van der Waals surface area (Å²) in [6.07, 6.45) is 0.743. The van der Waals surface area contributed by atoms with Gasteiger partial charge in [-0.25, -0.2) is 5.48 Å². The lowest BCUT2D eigenvalue weighted by Gasteiger charge is -2.29. The highest BCUT2D eigenvalue weighted by molar-refractivity contribution is 6.07. The number of fused-ring (bicyclic) bond motifs is 2. The molecule has 1 aliphatic rings. The molecule has 0 aromatic heterocycles. The fourth-order valence-electron chi connectivity index (χ4n) is 3.52. The Morgan fingerprint density at radius 2 is 1.77 bits per heavy atom. The van der Waals surface area contributed by atoms with E-state index in [1.54, 1.807) is 17.6 Å². The Balaban J connectivity index is 1.65. The van der Waals surface area contributed by atoms with Crippen LogP contribution in [-0.2, 0) is 13.0 Å². The van der Waals surface area contributed by atoms with E-state index >= 15 is 0 Å². The summed E-state index contributed by atoms with van der Waals surface area (Å²) in [6, 6.07) is 18.9. The molecular formula is C21H18N2O3. The molecule has 5 nitrogen and oxygen atoms in total. The summed E-state index contributed by atoms with van der Waals surface area (Å²) < 4.78 is 0. The van der Waals surface area contributed by atoms with Crippen LogP contribution in [0.15, 0.2) is 60.7 Å². The second-order valence-corrected chi connectivity index (χ2v) is 6.43. The third-order valence-corrected chi connectivity index (χ3v) is 4.89. The summed E-state index contributed by atoms with van der Waals surface area (Å²) in [7, 11) is 0. The molecule has 26 heavy (non-hydrogen) atoms. The molecule has 0 fully saturated rings. The van der Waals surface area contributed by atoms with E-state index in [-0.39, 0.29) is 5.91 Å². The van der Waals surface area contributed by atoms with Gasteiger partial charge in [-0.2, -0.15) is 0 Å². The summed E-state index contributed by atoms with van der Waals surface area (Å²) >= 11 is 0. The van der Waals surface area contributed by atoms with Gasteiger partial charge < -0.3 is 4.90 Å². The zero-order chi connectivity index (χ0) is 18.1. The molecule has 130 valence electrons. The summed E-state index contributed by atoms with van der Waals surface area (Å²) in [5.41, 5.74) is 4.78. The molecule has 0 spiro atoms. The number of nitrogens with zero attached hydrogens (tertiary/aromatic N) is 1. The van der Waals surface area contributed by atoms with Gasteiger partial charge in [0.1, 0.15) is 0 Å². The highest BCUT2D eigenvalue weighted by Gasteiger charge is 2.23. The van der Waals surface area contributed by atoms with Crippen molar-refractivity contribution >= 4 is 22.6 Å². The minimum absolute atomic E-state index is 0.00976. The van der Waals surface area contributed by atoms with E-state index in [4.69, 9.17) is 5.21 Å². The van der Waals surface area contributed by atoms with E-state index in [0.717, 1.165) is 28.3 Å². The lowest BCUT2D eigenvalue weighted by atomic mass is 9.96. The fraction of sp³-hybridized carbons (Fsp3) is 0.143. The van der Waals surface area contributed by atoms with Crippen molar-refractivity contribution in [2.45, 2.75) is 13.0 Å². The van der Waals surface area contributed by atoms with Crippen molar-refractivity contribution in [1.29, 1.82) is 0 Å². The first kappa shape index (κ1) is 16.3. The van der Waals surface area contributed by atoms with Gasteiger partial charge in [0.15, 0.2) is 0 Å². The van der Waals surface area contributed by atoms with E-state index in [9.17, 15) is 9.59 Å². The number of carbonyl (C=O) groups is 2. The van der Waals surface area contributed by atoms with E-state index in [2.05, 4.69) is 0 Å². The quantitative estimate of drug-likeness (QED) is 0.553. The van der Waals surface area contributed by atoms with Crippen molar-refractivity contribution in [3.8, 4) is 0 Å². The van der Waals surface area contributed by atoms with Gasteiger partial charge in [0.05, 0.1) is 0 Å². The smallest absolute Gasteiger partial charge is 0.274 e. The molecule has 4 rings (SSSR count). The Morgan fingerprint density at radius 1 is 0.962 bits per heavy atom. The average molecular weight is 346 g/mol. The zero-order valence-electron chi connectivity index (χ0n) is 14.1. The van der Waals surface area contributed by atoms with Gasteiger partial charge in [0, 0.05) is 24.2 Å². The number of nitrogens with one attached hydrogen (secondary N) is 1. The molecule has 1 heterocycles. The SMILES string of the molecule is O=C(NO)c1ccc2c(c1)CN(C(=O)c1cccc3ccccc13)CC2. The normalized spacial score (nSPS) is 13.3. The maximum absolute atomic E-state index is 13.1. The standard InChI is InChI=1S/C21H18N2O3/c24-20(22-26)16-9-8-14-10-11-23(13-17(14)12-16)21(25)19-7-3-5-15-4-1-2-6-18(15)19/h1-9,12,26H,10-11,13H2,(H,22,24). The second kappa shape index (κ2) is 6.61. The van der Waals surface area contributed by atoms with Gasteiger partial charge in [-0.05, 0) is 46.5 Å². The van der Waals surface area contributed by atoms with Crippen molar-refractivity contribution in [2.75, 3.05) is 6.54 Å². The maximum Gasteiger partial charge on any atom is 0.274 e. The summed E-state index contributed by atoms with van der Waals surface area (Å²) in [5, 5.41) is 10.8. The first-order chi connectivity index (χ1) is 12.7. The largest absolute Gasteiger partial charge is 0.334 e. The molecule has 0 radical (unpaired) electrons. The predicted octanol–water partition coefficient (Wildman–Crippen LogP) is 3.16. The molecule has 3 aromatic rings. The Bertz CT molecular complexity index is 1010. The van der Waals surface area contributed by atoms with Gasteiger partial charge >= 0.3 is 0 Å². The van der Waals surface area contributed by atoms with Crippen LogP contribution >= 0.6 is 0 Å². The van der Waals surface area contributed by atoms with Crippen LogP contribution in [0.3, 0.4) is 0 Å². The molecule has 3 aromatic carbocycles. The molecular weight excluding hydrogens is 328 g/mol. The molecule has 0 saturated carbocycles. The van der Waals surface area contributed by atoms with Crippen molar-refractivity contribution in [1.82, 2.24) is 10.4 Å². The monoisotopic (exact) mass is 346 g/mol. The highest BCUT2D eigenvalue weighted by Crippen LogP contribution is 2.25. The first-order valence-corrected chi connectivity index (χ1v) is 8.50. The lowest BCUT2D eigenvalue weighted by molar-refractivity contribution is 0.0706. The van der Waals surface area contributed by atoms with Crippen LogP contribution in [0, 0.1) is 0 Å². The van der Waals surface area contributed by atoms with Crippen molar-refractivity contribution in [3.05, 3.63) is 82.9 Å². The number of hydrogen-bond acceptors (Lipinski definition) is 3. The third kappa shape index (κ3) is 2.82. The molecule has 1 aliphatic heterocycles. The molecule has 0 unspecified atom stereocenters. The summed E-state index contributed by atoms with van der Waals surface area (Å²) in [4.78, 5) is 26.6. The van der Waals surface area contributed by atoms with Crippen LogP contribution in [0.4, 0.5) is 0 Å². The molecule has 0 atom stereocenters. The van der Waals surface area contributed by atoms with E-state index in [1.807, 2.05) is 53.4 Å². The average Bonchev–Trinajstić information content (AvgIpc) is 2.71. The van der Waals surface area contributed by atoms with Gasteiger partial charge in [0.2, 0.25) is 0 Å². The van der Waals surface area contributed by atoms with Crippen LogP contribution in [-0.4, -0.2) is 28.5 Å². The number of hydrogen-bond donors (Lipinski definition) is 2. The van der Waals surface area contributed by atoms with Crippen molar-refractivity contribution in [2.24, 2.45) is 0 Å². The van der Waals surface area contributed by atoms with E-state index in [0.29, 0.717) is 24.2 Å². The van der Waals surface area contributed by atoms with Crippen LogP contribution in [0.25, 0.3) is 10.8 Å². The molecule has 2 N–H and O–H groups in total. The van der Waals surface area contributed by atoms with E-state index < -0.39 is 5.91 Å². The number of rotatable bonds is 2. The fourth-order valence-corrected chi connectivity index (χ4v) is 3.52. The Labute approximate surface area is 150 Å². The highest BCUT2D eigenvalue weighted by atomic mass is 16.5. The first-order valence-electron chi connectivity index (χ1n) is 8.50. The third-order valence-electron chi connectivity index (χ3n) is 4.89. The number of amides is 2. The Kier molecular flexibility index (Phi) is 4.14. The molecule has 2 amide bonds. The summed E-state index contributed by atoms with van der Waals surface area (Å²) in [6.45, 7) is 1.09. The van der Waals surface area contributed by atoms with Gasteiger partial charge in [-0.15, -0.1) is 0 Å². The molecule has 5 heteroatoms. The predicted molar refractivity (Wildman–Crippen MR) is 98.1 cm³/mol. The van der Waals surface area contributed by atoms with Crippen LogP contribution < -0.4 is 5.48 Å². The van der Waals surface area contributed by atoms with Gasteiger partial charge in [0.25, 0.3) is 11.8 Å². The number of carbonyl (C=O) groups excluding carboxylic acids is 2. The van der Waals surface area contributed by atoms with Crippen molar-refractivity contribution in [3.63, 3.8) is 0 Å². The van der Waals surface area contributed by atoms with E-state index in [1.165, 1.54) is 0 Å². The molecule has 0 bridgehead atoms. The minimum Gasteiger partial charge on any atom is -0.334 e. The number of hydroxylamine groups is 1. The minimum atomic E-state index is -0.551. The van der Waals surface area contributed by atoms with Crippen LogP contribution in [0.2, 0.25) is 0 Å². The number of benzene rings is 3. The molecule has 0 saturated heterocycles. The zero-order valence-corrected chi connectivity index (χ0v) is 14.1. The van der Waals surface area contributed by atoms with Crippen LogP contribution in [0.5, 0.6) is 0 Å². The lowest BCUT2D eigenvalue weighted by Crippen LogP contribution is -2.36. The second-order valence-electron chi connectivity index (χ2n) is 6.43. The maximum atomic E-state index is 13.1. The van der Waals surface area contributed by atoms with Gasteiger partial charge in [-0.3, -0.25) is 14.8 Å². The Morgan fingerprint density at radius 3 is 2.62 bits per heavy atom. The van der Waals surface area contributed by atoms with Gasteiger partial charge in [-0.1, -0.05) is 42.5 Å². The topological polar surface area (TPSA) is 69.6 Å². The molecule has 0 aliphatic carbocycles. The van der Waals surface area contributed by atoms with Crippen LogP contribution in [0.1, 0.15) is 31.8 Å².